The zero-order valence-electron chi connectivity index (χ0n) is 18.5. The molecule has 10 heteroatoms. The maximum atomic E-state index is 13.0. The van der Waals surface area contributed by atoms with Crippen LogP contribution in [0.5, 0.6) is 0 Å². The van der Waals surface area contributed by atoms with Gasteiger partial charge in [-0.3, -0.25) is 19.6 Å². The molecule has 0 fully saturated rings. The van der Waals surface area contributed by atoms with Gasteiger partial charge in [-0.15, -0.1) is 0 Å². The molecule has 0 unspecified atom stereocenters. The quantitative estimate of drug-likeness (QED) is 0.392. The van der Waals surface area contributed by atoms with Crippen LogP contribution < -0.4 is 10.2 Å². The van der Waals surface area contributed by atoms with Gasteiger partial charge in [0.15, 0.2) is 22.9 Å². The van der Waals surface area contributed by atoms with Crippen LogP contribution in [-0.4, -0.2) is 39.1 Å². The molecule has 2 amide bonds. The lowest BCUT2D eigenvalue weighted by molar-refractivity contribution is 0.0983. The highest BCUT2D eigenvalue weighted by Crippen LogP contribution is 2.24. The van der Waals surface area contributed by atoms with Crippen LogP contribution in [0.25, 0.3) is 22.6 Å². The number of carbonyl (C=O) groups is 2. The largest absolute Gasteiger partial charge is 0.355 e. The Bertz CT molecular complexity index is 1480. The molecule has 0 bridgehead atoms. The molecule has 1 N–H and O–H groups in total. The van der Waals surface area contributed by atoms with Crippen LogP contribution in [0.3, 0.4) is 0 Å². The Morgan fingerprint density at radius 2 is 1.43 bits per heavy atom. The minimum atomic E-state index is -0.451. The van der Waals surface area contributed by atoms with E-state index in [0.717, 1.165) is 0 Å². The lowest BCUT2D eigenvalue weighted by Gasteiger charge is -2.16. The maximum Gasteiger partial charge on any atom is 0.280 e. The first kappa shape index (κ1) is 21.7. The summed E-state index contributed by atoms with van der Waals surface area (Å²) < 4.78 is 10.6. The molecule has 10 nitrogen and oxygen atoms in total. The van der Waals surface area contributed by atoms with Gasteiger partial charge in [0.1, 0.15) is 0 Å². The second kappa shape index (κ2) is 9.40. The normalized spacial score (nSPS) is 10.7. The van der Waals surface area contributed by atoms with E-state index in [2.05, 4.69) is 25.6 Å². The van der Waals surface area contributed by atoms with Crippen LogP contribution in [0.4, 0.5) is 11.4 Å². The van der Waals surface area contributed by atoms with Gasteiger partial charge >= 0.3 is 0 Å². The first-order valence-corrected chi connectivity index (χ1v) is 10.5. The lowest BCUT2D eigenvalue weighted by Crippen LogP contribution is -2.26. The van der Waals surface area contributed by atoms with E-state index in [4.69, 9.17) is 9.05 Å². The van der Waals surface area contributed by atoms with Gasteiger partial charge < -0.3 is 19.3 Å². The molecular formula is C25H18N6O4. The average Bonchev–Trinajstić information content (AvgIpc) is 3.60. The Morgan fingerprint density at radius 3 is 2.06 bits per heavy atom. The molecule has 0 radical (unpaired) electrons. The fraction of sp³-hybridized carbons (Fsp3) is 0.0400. The van der Waals surface area contributed by atoms with E-state index >= 15 is 0 Å². The summed E-state index contributed by atoms with van der Waals surface area (Å²) in [6, 6.07) is 17.1. The zero-order valence-corrected chi connectivity index (χ0v) is 18.5. The third kappa shape index (κ3) is 4.67. The highest BCUT2D eigenvalue weighted by molar-refractivity contribution is 6.06. The van der Waals surface area contributed by atoms with Gasteiger partial charge in [-0.1, -0.05) is 16.4 Å². The molecule has 0 saturated heterocycles. The maximum absolute atomic E-state index is 13.0. The summed E-state index contributed by atoms with van der Waals surface area (Å²) in [4.78, 5) is 35.1. The molecule has 1 aromatic carbocycles. The number of nitrogens with one attached hydrogen (secondary N) is 1. The predicted octanol–water partition coefficient (Wildman–Crippen LogP) is 4.32. The Hall–Kier alpha value is -5.12. The second-order valence-corrected chi connectivity index (χ2v) is 7.50. The third-order valence-corrected chi connectivity index (χ3v) is 5.16. The summed E-state index contributed by atoms with van der Waals surface area (Å²) in [5.74, 6) is 0.0485. The van der Waals surface area contributed by atoms with Crippen molar-refractivity contribution in [3.8, 4) is 22.6 Å². The number of hydrogen-bond acceptors (Lipinski definition) is 8. The molecule has 4 aromatic heterocycles. The molecular weight excluding hydrogens is 448 g/mol. The molecule has 0 atom stereocenters. The highest BCUT2D eigenvalue weighted by atomic mass is 16.5. The summed E-state index contributed by atoms with van der Waals surface area (Å²) in [6.07, 6.45) is 6.53. The number of carbonyl (C=O) groups excluding carboxylic acids is 2. The van der Waals surface area contributed by atoms with Gasteiger partial charge in [-0.05, 0) is 42.5 Å². The van der Waals surface area contributed by atoms with Gasteiger partial charge in [-0.2, -0.15) is 0 Å². The zero-order chi connectivity index (χ0) is 24.2. The van der Waals surface area contributed by atoms with E-state index in [0.29, 0.717) is 34.0 Å². The van der Waals surface area contributed by atoms with Crippen LogP contribution in [0.1, 0.15) is 21.0 Å². The number of hydrogen-bond donors (Lipinski definition) is 1. The fourth-order valence-electron chi connectivity index (χ4n) is 3.32. The monoisotopic (exact) mass is 466 g/mol. The Kier molecular flexibility index (Phi) is 5.83. The van der Waals surface area contributed by atoms with Crippen molar-refractivity contribution in [2.75, 3.05) is 17.3 Å². The minimum absolute atomic E-state index is 0.115. The third-order valence-electron chi connectivity index (χ3n) is 5.16. The molecule has 0 aliphatic heterocycles. The van der Waals surface area contributed by atoms with E-state index in [9.17, 15) is 9.59 Å². The molecule has 35 heavy (non-hydrogen) atoms. The second-order valence-electron chi connectivity index (χ2n) is 7.50. The van der Waals surface area contributed by atoms with Crippen LogP contribution in [0.2, 0.25) is 0 Å². The first-order chi connectivity index (χ1) is 17.1. The standard InChI is InChI=1S/C25H18N6O4/c1-31(25(33)21-13-23(35-30-21)17-6-4-10-27-15-17)19-8-2-7-18(11-19)28-24(32)20-12-22(34-29-20)16-5-3-9-26-14-16/h2-15H,1H3,(H,28,32). The van der Waals surface area contributed by atoms with E-state index in [1.54, 1.807) is 80.4 Å². The van der Waals surface area contributed by atoms with Crippen molar-refractivity contribution in [2.45, 2.75) is 0 Å². The van der Waals surface area contributed by atoms with E-state index in [1.165, 1.54) is 11.0 Å². The van der Waals surface area contributed by atoms with Crippen LogP contribution >= 0.6 is 0 Å². The van der Waals surface area contributed by atoms with Crippen molar-refractivity contribution >= 4 is 23.2 Å². The number of pyridine rings is 2. The molecule has 5 aromatic rings. The van der Waals surface area contributed by atoms with E-state index in [-0.39, 0.29) is 17.3 Å². The lowest BCUT2D eigenvalue weighted by atomic mass is 10.2. The van der Waals surface area contributed by atoms with Crippen LogP contribution in [0, 0.1) is 0 Å². The van der Waals surface area contributed by atoms with Crippen LogP contribution in [0.15, 0.2) is 94.5 Å². The van der Waals surface area contributed by atoms with Gasteiger partial charge in [-0.25, -0.2) is 0 Å². The molecule has 0 aliphatic rings. The Labute approximate surface area is 199 Å². The molecule has 0 saturated carbocycles. The van der Waals surface area contributed by atoms with Gasteiger partial charge in [0.25, 0.3) is 11.8 Å². The van der Waals surface area contributed by atoms with E-state index in [1.807, 2.05) is 6.07 Å². The average molecular weight is 466 g/mol. The number of anilines is 2. The highest BCUT2D eigenvalue weighted by Gasteiger charge is 2.20. The molecule has 0 aliphatic carbocycles. The minimum Gasteiger partial charge on any atom is -0.355 e. The Morgan fingerprint density at radius 1 is 0.800 bits per heavy atom. The molecule has 0 spiro atoms. The van der Waals surface area contributed by atoms with Crippen molar-refractivity contribution in [1.29, 1.82) is 0 Å². The van der Waals surface area contributed by atoms with Crippen molar-refractivity contribution in [3.63, 3.8) is 0 Å². The summed E-state index contributed by atoms with van der Waals surface area (Å²) in [5, 5.41) is 10.5. The van der Waals surface area contributed by atoms with Gasteiger partial charge in [0.05, 0.1) is 0 Å². The van der Waals surface area contributed by atoms with E-state index < -0.39 is 5.91 Å². The van der Waals surface area contributed by atoms with Crippen LogP contribution in [-0.2, 0) is 0 Å². The number of rotatable bonds is 6. The van der Waals surface area contributed by atoms with Crippen molar-refractivity contribution < 1.29 is 18.6 Å². The van der Waals surface area contributed by atoms with Crippen molar-refractivity contribution in [3.05, 3.63) is 96.8 Å². The molecule has 5 rings (SSSR count). The van der Waals surface area contributed by atoms with Gasteiger partial charge in [0, 0.05) is 66.5 Å². The number of nitrogens with zero attached hydrogens (tertiary/aromatic N) is 5. The van der Waals surface area contributed by atoms with Crippen molar-refractivity contribution in [2.24, 2.45) is 0 Å². The predicted molar refractivity (Wildman–Crippen MR) is 127 cm³/mol. The number of benzene rings is 1. The fourth-order valence-corrected chi connectivity index (χ4v) is 3.32. The molecule has 4 heterocycles. The first-order valence-electron chi connectivity index (χ1n) is 10.5. The summed E-state index contributed by atoms with van der Waals surface area (Å²) in [5.41, 5.74) is 2.71. The van der Waals surface area contributed by atoms with Gasteiger partial charge in [0.2, 0.25) is 0 Å². The molecule has 172 valence electrons. The Balaban J connectivity index is 1.29. The topological polar surface area (TPSA) is 127 Å². The SMILES string of the molecule is CN(C(=O)c1cc(-c2cccnc2)on1)c1cccc(NC(=O)c2cc(-c3cccnc3)on2)c1. The summed E-state index contributed by atoms with van der Waals surface area (Å²) >= 11 is 0. The number of aromatic nitrogens is 4. The number of amides is 2. The smallest absolute Gasteiger partial charge is 0.280 e. The summed E-state index contributed by atoms with van der Waals surface area (Å²) in [7, 11) is 1.61. The van der Waals surface area contributed by atoms with Crippen molar-refractivity contribution in [1.82, 2.24) is 20.3 Å². The summed E-state index contributed by atoms with van der Waals surface area (Å²) in [6.45, 7) is 0.